The summed E-state index contributed by atoms with van der Waals surface area (Å²) >= 11 is 0. The molecular weight excluding hydrogens is 176 g/mol. The molecule has 0 heterocycles. The van der Waals surface area contributed by atoms with Crippen LogP contribution in [0.4, 0.5) is 0 Å². The molecule has 1 aliphatic carbocycles. The van der Waals surface area contributed by atoms with Gasteiger partial charge in [0.25, 0.3) is 0 Å². The Labute approximate surface area is 86.6 Å². The molecular formula is C11H22N2O. The number of carbonyl (C=O) groups is 1. The lowest BCUT2D eigenvalue weighted by atomic mass is 10.2. The molecule has 2 N–H and O–H groups in total. The summed E-state index contributed by atoms with van der Waals surface area (Å²) in [5, 5.41) is 6.31. The zero-order chi connectivity index (χ0) is 10.2. The van der Waals surface area contributed by atoms with Crippen LogP contribution in [0.2, 0.25) is 0 Å². The predicted octanol–water partition coefficient (Wildman–Crippen LogP) is 1.43. The molecule has 3 heteroatoms. The summed E-state index contributed by atoms with van der Waals surface area (Å²) in [5.74, 6) is 0.178. The Morgan fingerprint density at radius 3 is 2.64 bits per heavy atom. The first kappa shape index (κ1) is 11.5. The third-order valence-electron chi connectivity index (χ3n) is 2.71. The molecule has 0 unspecified atom stereocenters. The van der Waals surface area contributed by atoms with Gasteiger partial charge in [-0.3, -0.25) is 4.79 Å². The number of carbonyl (C=O) groups excluding carboxylic acids is 1. The third-order valence-corrected chi connectivity index (χ3v) is 2.71. The summed E-state index contributed by atoms with van der Waals surface area (Å²) in [7, 11) is 0. The molecule has 0 aliphatic heterocycles. The van der Waals surface area contributed by atoms with Gasteiger partial charge in [-0.2, -0.15) is 0 Å². The molecule has 0 aromatic rings. The fraction of sp³-hybridized carbons (Fsp3) is 0.909. The highest BCUT2D eigenvalue weighted by Crippen LogP contribution is 2.17. The molecule has 1 rings (SSSR count). The van der Waals surface area contributed by atoms with Crippen LogP contribution in [-0.2, 0) is 4.79 Å². The van der Waals surface area contributed by atoms with Gasteiger partial charge in [0.05, 0.1) is 0 Å². The van der Waals surface area contributed by atoms with Crippen LogP contribution in [0, 0.1) is 0 Å². The van der Waals surface area contributed by atoms with Crippen molar-refractivity contribution in [1.29, 1.82) is 0 Å². The molecule has 1 aliphatic rings. The molecule has 0 radical (unpaired) electrons. The molecule has 1 fully saturated rings. The van der Waals surface area contributed by atoms with Crippen molar-refractivity contribution in [1.82, 2.24) is 10.6 Å². The molecule has 0 atom stereocenters. The highest BCUT2D eigenvalue weighted by molar-refractivity contribution is 5.75. The lowest BCUT2D eigenvalue weighted by Gasteiger charge is -2.11. The van der Waals surface area contributed by atoms with Crippen LogP contribution < -0.4 is 10.6 Å². The van der Waals surface area contributed by atoms with Crippen molar-refractivity contribution in [3.8, 4) is 0 Å². The maximum atomic E-state index is 11.2. The molecule has 82 valence electrons. The van der Waals surface area contributed by atoms with Crippen molar-refractivity contribution in [2.45, 2.75) is 51.5 Å². The molecule has 0 bridgehead atoms. The quantitative estimate of drug-likeness (QED) is 0.678. The topological polar surface area (TPSA) is 41.1 Å². The largest absolute Gasteiger partial charge is 0.356 e. The fourth-order valence-electron chi connectivity index (χ4n) is 1.87. The third kappa shape index (κ3) is 4.61. The van der Waals surface area contributed by atoms with E-state index < -0.39 is 0 Å². The summed E-state index contributed by atoms with van der Waals surface area (Å²) in [4.78, 5) is 11.2. The van der Waals surface area contributed by atoms with Gasteiger partial charge in [-0.15, -0.1) is 0 Å². The number of rotatable bonds is 6. The highest BCUT2D eigenvalue weighted by Gasteiger charge is 2.13. The van der Waals surface area contributed by atoms with Gasteiger partial charge in [-0.25, -0.2) is 0 Å². The second kappa shape index (κ2) is 6.82. The van der Waals surface area contributed by atoms with Crippen LogP contribution in [0.3, 0.4) is 0 Å². The van der Waals surface area contributed by atoms with Crippen molar-refractivity contribution in [2.24, 2.45) is 0 Å². The number of hydrogen-bond donors (Lipinski definition) is 2. The summed E-state index contributed by atoms with van der Waals surface area (Å²) in [5.41, 5.74) is 0. The SMILES string of the molecule is CCCNC(=O)CCNC1CCCC1. The monoisotopic (exact) mass is 198 g/mol. The number of amides is 1. The summed E-state index contributed by atoms with van der Waals surface area (Å²) in [6.45, 7) is 3.71. The van der Waals surface area contributed by atoms with Crippen molar-refractivity contribution in [3.63, 3.8) is 0 Å². The first-order valence-electron chi connectivity index (χ1n) is 5.83. The number of hydrogen-bond acceptors (Lipinski definition) is 2. The van der Waals surface area contributed by atoms with Crippen LogP contribution in [0.15, 0.2) is 0 Å². The highest BCUT2D eigenvalue weighted by atomic mass is 16.1. The smallest absolute Gasteiger partial charge is 0.221 e. The van der Waals surface area contributed by atoms with E-state index in [1.54, 1.807) is 0 Å². The van der Waals surface area contributed by atoms with Gasteiger partial charge >= 0.3 is 0 Å². The van der Waals surface area contributed by atoms with Crippen molar-refractivity contribution < 1.29 is 4.79 Å². The lowest BCUT2D eigenvalue weighted by molar-refractivity contribution is -0.121. The van der Waals surface area contributed by atoms with Crippen molar-refractivity contribution >= 4 is 5.91 Å². The first-order chi connectivity index (χ1) is 6.83. The average molecular weight is 198 g/mol. The molecule has 0 saturated heterocycles. The lowest BCUT2D eigenvalue weighted by Crippen LogP contribution is -2.32. The summed E-state index contributed by atoms with van der Waals surface area (Å²) < 4.78 is 0. The second-order valence-electron chi connectivity index (χ2n) is 4.04. The summed E-state index contributed by atoms with van der Waals surface area (Å²) in [6.07, 6.45) is 6.91. The first-order valence-corrected chi connectivity index (χ1v) is 5.83. The maximum Gasteiger partial charge on any atom is 0.221 e. The van der Waals surface area contributed by atoms with E-state index in [-0.39, 0.29) is 5.91 Å². The molecule has 3 nitrogen and oxygen atoms in total. The van der Waals surface area contributed by atoms with Gasteiger partial charge in [0.15, 0.2) is 0 Å². The second-order valence-corrected chi connectivity index (χ2v) is 4.04. The van der Waals surface area contributed by atoms with Crippen LogP contribution in [0.25, 0.3) is 0 Å². The standard InChI is InChI=1S/C11H22N2O/c1-2-8-13-11(14)7-9-12-10-5-3-4-6-10/h10,12H,2-9H2,1H3,(H,13,14). The Hall–Kier alpha value is -0.570. The van der Waals surface area contributed by atoms with Crippen LogP contribution in [-0.4, -0.2) is 25.0 Å². The Morgan fingerprint density at radius 2 is 2.00 bits per heavy atom. The Balaban J connectivity index is 1.94. The zero-order valence-corrected chi connectivity index (χ0v) is 9.14. The van der Waals surface area contributed by atoms with Crippen LogP contribution in [0.1, 0.15) is 45.4 Å². The molecule has 14 heavy (non-hydrogen) atoms. The minimum atomic E-state index is 0.178. The van der Waals surface area contributed by atoms with Gasteiger partial charge in [-0.05, 0) is 19.3 Å². The molecule has 0 aromatic carbocycles. The molecule has 0 aromatic heterocycles. The minimum Gasteiger partial charge on any atom is -0.356 e. The number of nitrogens with one attached hydrogen (secondary N) is 2. The summed E-state index contributed by atoms with van der Waals surface area (Å²) in [6, 6.07) is 0.675. The molecule has 1 amide bonds. The van der Waals surface area contributed by atoms with Crippen LogP contribution >= 0.6 is 0 Å². The van der Waals surface area contributed by atoms with Crippen molar-refractivity contribution in [2.75, 3.05) is 13.1 Å². The normalized spacial score (nSPS) is 17.2. The Kier molecular flexibility index (Phi) is 5.60. The Morgan fingerprint density at radius 1 is 1.29 bits per heavy atom. The minimum absolute atomic E-state index is 0.178. The van der Waals surface area contributed by atoms with E-state index in [0.29, 0.717) is 12.5 Å². The van der Waals surface area contributed by atoms with E-state index in [2.05, 4.69) is 17.6 Å². The van der Waals surface area contributed by atoms with Gasteiger partial charge in [0, 0.05) is 25.6 Å². The predicted molar refractivity (Wildman–Crippen MR) is 58.2 cm³/mol. The van der Waals surface area contributed by atoms with Gasteiger partial charge in [-0.1, -0.05) is 19.8 Å². The Bertz CT molecular complexity index is 165. The van der Waals surface area contributed by atoms with Gasteiger partial charge < -0.3 is 10.6 Å². The molecule has 1 saturated carbocycles. The fourth-order valence-corrected chi connectivity index (χ4v) is 1.87. The van der Waals surface area contributed by atoms with Crippen LogP contribution in [0.5, 0.6) is 0 Å². The van der Waals surface area contributed by atoms with E-state index in [1.807, 2.05) is 0 Å². The van der Waals surface area contributed by atoms with E-state index in [1.165, 1.54) is 25.7 Å². The van der Waals surface area contributed by atoms with Gasteiger partial charge in [0.1, 0.15) is 0 Å². The van der Waals surface area contributed by atoms with Crippen molar-refractivity contribution in [3.05, 3.63) is 0 Å². The van der Waals surface area contributed by atoms with E-state index >= 15 is 0 Å². The van der Waals surface area contributed by atoms with E-state index in [4.69, 9.17) is 0 Å². The van der Waals surface area contributed by atoms with Gasteiger partial charge in [0.2, 0.25) is 5.91 Å². The molecule has 0 spiro atoms. The average Bonchev–Trinajstić information content (AvgIpc) is 2.67. The zero-order valence-electron chi connectivity index (χ0n) is 9.14. The van der Waals surface area contributed by atoms with E-state index in [0.717, 1.165) is 19.5 Å². The van der Waals surface area contributed by atoms with E-state index in [9.17, 15) is 4.79 Å². The maximum absolute atomic E-state index is 11.2.